The lowest BCUT2D eigenvalue weighted by molar-refractivity contribution is -0.137. The van der Waals surface area contributed by atoms with Gasteiger partial charge < -0.3 is 4.90 Å². The van der Waals surface area contributed by atoms with Gasteiger partial charge in [0.1, 0.15) is 0 Å². The average Bonchev–Trinajstić information content (AvgIpc) is 3.15. The molecule has 3 aromatic rings. The monoisotopic (exact) mass is 490 g/mol. The largest absolute Gasteiger partial charge is 0.416 e. The fraction of sp³-hybridized carbons (Fsp3) is 0.292. The number of aromatic nitrogens is 2. The molecule has 1 aromatic heterocycles. The van der Waals surface area contributed by atoms with Crippen LogP contribution in [0, 0.1) is 11.8 Å². The molecule has 0 saturated heterocycles. The second-order valence-electron chi connectivity index (χ2n) is 7.94. The predicted molar refractivity (Wildman–Crippen MR) is 124 cm³/mol. The van der Waals surface area contributed by atoms with Crippen molar-refractivity contribution >= 4 is 10.0 Å². The molecule has 0 atom stereocenters. The minimum atomic E-state index is -4.42. The van der Waals surface area contributed by atoms with Crippen molar-refractivity contribution in [3.05, 3.63) is 71.4 Å². The van der Waals surface area contributed by atoms with E-state index < -0.39 is 21.8 Å². The zero-order chi connectivity index (χ0) is 24.9. The Kier molecular flexibility index (Phi) is 7.82. The lowest BCUT2D eigenvalue weighted by atomic mass is 10.1. The van der Waals surface area contributed by atoms with E-state index in [1.54, 1.807) is 19.2 Å². The summed E-state index contributed by atoms with van der Waals surface area (Å²) in [5, 5.41) is 4.17. The van der Waals surface area contributed by atoms with Gasteiger partial charge in [0, 0.05) is 24.7 Å². The highest BCUT2D eigenvalue weighted by molar-refractivity contribution is 7.89. The van der Waals surface area contributed by atoms with E-state index in [1.807, 2.05) is 19.0 Å². The molecule has 0 fully saturated rings. The molecule has 0 bridgehead atoms. The normalized spacial score (nSPS) is 12.0. The molecule has 34 heavy (non-hydrogen) atoms. The predicted octanol–water partition coefficient (Wildman–Crippen LogP) is 3.74. The van der Waals surface area contributed by atoms with Crippen LogP contribution in [0.3, 0.4) is 0 Å². The number of rotatable bonds is 7. The summed E-state index contributed by atoms with van der Waals surface area (Å²) in [6, 6.07) is 11.1. The zero-order valence-electron chi connectivity index (χ0n) is 19.0. The van der Waals surface area contributed by atoms with Crippen molar-refractivity contribution in [3.8, 4) is 23.1 Å². The highest BCUT2D eigenvalue weighted by atomic mass is 32.2. The van der Waals surface area contributed by atoms with Gasteiger partial charge in [0.05, 0.1) is 27.9 Å². The Labute approximate surface area is 197 Å². The third kappa shape index (κ3) is 6.47. The standard InChI is InChI=1S/C24H25F3N4O2S/c1-30(2)15-5-14-29-34(32,33)22-7-4-6-18(16-22)8-9-20-17-28-31(3)23(20)19-10-12-21(13-11-19)24(25,26)27/h4,6-7,10-13,16-17,29H,5,14-15H2,1-3H3. The lowest BCUT2D eigenvalue weighted by Gasteiger charge is -2.10. The van der Waals surface area contributed by atoms with Gasteiger partial charge in [-0.15, -0.1) is 0 Å². The Hall–Kier alpha value is -3.13. The van der Waals surface area contributed by atoms with Gasteiger partial charge in [-0.05, 0) is 57.4 Å². The van der Waals surface area contributed by atoms with E-state index in [4.69, 9.17) is 0 Å². The summed E-state index contributed by atoms with van der Waals surface area (Å²) in [4.78, 5) is 2.08. The number of benzene rings is 2. The molecule has 0 aliphatic heterocycles. The molecule has 2 aromatic carbocycles. The number of aryl methyl sites for hydroxylation is 1. The minimum absolute atomic E-state index is 0.110. The molecule has 1 heterocycles. The molecule has 180 valence electrons. The molecule has 0 aliphatic rings. The summed E-state index contributed by atoms with van der Waals surface area (Å²) in [6.07, 6.45) is -2.22. The molecule has 0 amide bonds. The van der Waals surface area contributed by atoms with Gasteiger partial charge in [-0.1, -0.05) is 30.0 Å². The zero-order valence-corrected chi connectivity index (χ0v) is 19.8. The van der Waals surface area contributed by atoms with Crippen LogP contribution in [0.15, 0.2) is 59.6 Å². The van der Waals surface area contributed by atoms with Crippen LogP contribution in [0.4, 0.5) is 13.2 Å². The second-order valence-corrected chi connectivity index (χ2v) is 9.70. The van der Waals surface area contributed by atoms with Crippen LogP contribution in [0.25, 0.3) is 11.3 Å². The van der Waals surface area contributed by atoms with E-state index in [2.05, 4.69) is 21.7 Å². The number of hydrogen-bond acceptors (Lipinski definition) is 4. The average molecular weight is 491 g/mol. The second kappa shape index (κ2) is 10.4. The van der Waals surface area contributed by atoms with E-state index in [0.717, 1.165) is 18.7 Å². The summed E-state index contributed by atoms with van der Waals surface area (Å²) in [6.45, 7) is 1.09. The lowest BCUT2D eigenvalue weighted by Crippen LogP contribution is -2.27. The van der Waals surface area contributed by atoms with Gasteiger partial charge in [0.2, 0.25) is 10.0 Å². The van der Waals surface area contributed by atoms with Gasteiger partial charge in [-0.2, -0.15) is 18.3 Å². The summed E-state index contributed by atoms with van der Waals surface area (Å²) >= 11 is 0. The molecule has 0 spiro atoms. The van der Waals surface area contributed by atoms with Gasteiger partial charge in [0.15, 0.2) is 0 Å². The first-order valence-corrected chi connectivity index (χ1v) is 11.9. The first kappa shape index (κ1) is 25.5. The maximum absolute atomic E-state index is 12.9. The van der Waals surface area contributed by atoms with Crippen LogP contribution in [-0.4, -0.2) is 50.3 Å². The van der Waals surface area contributed by atoms with Gasteiger partial charge in [-0.3, -0.25) is 4.68 Å². The molecule has 0 saturated carbocycles. The van der Waals surface area contributed by atoms with Crippen molar-refractivity contribution in [2.45, 2.75) is 17.5 Å². The van der Waals surface area contributed by atoms with E-state index in [0.29, 0.717) is 35.3 Å². The number of hydrogen-bond donors (Lipinski definition) is 1. The summed E-state index contributed by atoms with van der Waals surface area (Å²) in [5.41, 5.74) is 1.36. The number of halogens is 3. The van der Waals surface area contributed by atoms with Crippen molar-refractivity contribution in [2.75, 3.05) is 27.2 Å². The third-order valence-electron chi connectivity index (χ3n) is 4.98. The van der Waals surface area contributed by atoms with Crippen LogP contribution in [0.2, 0.25) is 0 Å². The van der Waals surface area contributed by atoms with Crippen molar-refractivity contribution in [1.29, 1.82) is 0 Å². The maximum atomic E-state index is 12.9. The Balaban J connectivity index is 1.82. The number of nitrogens with zero attached hydrogens (tertiary/aromatic N) is 3. The van der Waals surface area contributed by atoms with Crippen molar-refractivity contribution in [1.82, 2.24) is 19.4 Å². The number of alkyl halides is 3. The van der Waals surface area contributed by atoms with Gasteiger partial charge in [0.25, 0.3) is 0 Å². The van der Waals surface area contributed by atoms with Gasteiger partial charge in [-0.25, -0.2) is 13.1 Å². The highest BCUT2D eigenvalue weighted by Crippen LogP contribution is 2.31. The van der Waals surface area contributed by atoms with E-state index >= 15 is 0 Å². The third-order valence-corrected chi connectivity index (χ3v) is 6.44. The van der Waals surface area contributed by atoms with Crippen LogP contribution >= 0.6 is 0 Å². The molecule has 10 heteroatoms. The topological polar surface area (TPSA) is 67.2 Å². The first-order chi connectivity index (χ1) is 16.0. The van der Waals surface area contributed by atoms with Crippen LogP contribution in [0.1, 0.15) is 23.1 Å². The highest BCUT2D eigenvalue weighted by Gasteiger charge is 2.30. The van der Waals surface area contributed by atoms with Crippen LogP contribution < -0.4 is 4.72 Å². The molecular formula is C24H25F3N4O2S. The van der Waals surface area contributed by atoms with Crippen LogP contribution in [-0.2, 0) is 23.2 Å². The molecule has 0 aliphatic carbocycles. The number of nitrogens with one attached hydrogen (secondary N) is 1. The molecular weight excluding hydrogens is 465 g/mol. The quantitative estimate of drug-likeness (QED) is 0.405. The molecule has 1 N–H and O–H groups in total. The first-order valence-electron chi connectivity index (χ1n) is 10.4. The maximum Gasteiger partial charge on any atom is 0.416 e. The molecule has 3 rings (SSSR count). The minimum Gasteiger partial charge on any atom is -0.309 e. The van der Waals surface area contributed by atoms with E-state index in [9.17, 15) is 21.6 Å². The SMILES string of the molecule is CN(C)CCCNS(=O)(=O)c1cccc(C#Cc2cnn(C)c2-c2ccc(C(F)(F)F)cc2)c1. The fourth-order valence-electron chi connectivity index (χ4n) is 3.25. The van der Waals surface area contributed by atoms with Crippen LogP contribution in [0.5, 0.6) is 0 Å². The molecule has 6 nitrogen and oxygen atoms in total. The Morgan fingerprint density at radius 3 is 2.44 bits per heavy atom. The fourth-order valence-corrected chi connectivity index (χ4v) is 4.37. The molecule has 0 unspecified atom stereocenters. The Morgan fingerprint density at radius 1 is 1.09 bits per heavy atom. The summed E-state index contributed by atoms with van der Waals surface area (Å²) < 4.78 is 67.9. The van der Waals surface area contributed by atoms with Gasteiger partial charge >= 0.3 is 6.18 Å². The van der Waals surface area contributed by atoms with Crippen molar-refractivity contribution < 1.29 is 21.6 Å². The Morgan fingerprint density at radius 2 is 1.79 bits per heavy atom. The van der Waals surface area contributed by atoms with Crippen molar-refractivity contribution in [3.63, 3.8) is 0 Å². The summed E-state index contributed by atoms with van der Waals surface area (Å²) in [5.74, 6) is 5.89. The smallest absolute Gasteiger partial charge is 0.309 e. The summed E-state index contributed by atoms with van der Waals surface area (Å²) in [7, 11) is 1.84. The number of sulfonamides is 1. The van der Waals surface area contributed by atoms with Crippen molar-refractivity contribution in [2.24, 2.45) is 7.05 Å². The molecule has 0 radical (unpaired) electrons. The van der Waals surface area contributed by atoms with E-state index in [1.165, 1.54) is 35.1 Å². The Bertz CT molecular complexity index is 1300. The van der Waals surface area contributed by atoms with E-state index in [-0.39, 0.29) is 4.90 Å².